The van der Waals surface area contributed by atoms with E-state index in [4.69, 9.17) is 14.5 Å². The highest BCUT2D eigenvalue weighted by Gasteiger charge is 2.21. The zero-order valence-corrected chi connectivity index (χ0v) is 17.2. The molecule has 3 aromatic rings. The van der Waals surface area contributed by atoms with Crippen molar-refractivity contribution in [1.82, 2.24) is 9.58 Å². The third kappa shape index (κ3) is 3.92. The maximum atomic E-state index is 5.52. The molecule has 144 valence electrons. The van der Waals surface area contributed by atoms with E-state index in [1.54, 1.807) is 18.0 Å². The van der Waals surface area contributed by atoms with Gasteiger partial charge in [-0.05, 0) is 37.6 Å². The molecule has 28 heavy (non-hydrogen) atoms. The summed E-state index contributed by atoms with van der Waals surface area (Å²) in [6.07, 6.45) is 1.72. The van der Waals surface area contributed by atoms with Crippen molar-refractivity contribution in [3.05, 3.63) is 83.1 Å². The van der Waals surface area contributed by atoms with Crippen LogP contribution in [0.4, 0.5) is 0 Å². The van der Waals surface area contributed by atoms with Gasteiger partial charge in [0, 0.05) is 29.8 Å². The molecule has 6 heteroatoms. The van der Waals surface area contributed by atoms with Crippen LogP contribution in [0.25, 0.3) is 0 Å². The molecular weight excluding hydrogens is 368 g/mol. The molecule has 0 amide bonds. The number of aromatic nitrogens is 1. The van der Waals surface area contributed by atoms with Crippen molar-refractivity contribution in [2.45, 2.75) is 26.9 Å². The zero-order valence-electron chi connectivity index (χ0n) is 16.4. The van der Waals surface area contributed by atoms with E-state index in [0.29, 0.717) is 6.54 Å². The van der Waals surface area contributed by atoms with E-state index in [9.17, 15) is 0 Å². The van der Waals surface area contributed by atoms with Crippen LogP contribution in [0, 0.1) is 13.8 Å². The Morgan fingerprint density at radius 3 is 2.68 bits per heavy atom. The summed E-state index contributed by atoms with van der Waals surface area (Å²) in [4.78, 5) is 4.74. The van der Waals surface area contributed by atoms with Gasteiger partial charge < -0.3 is 8.98 Å². The summed E-state index contributed by atoms with van der Waals surface area (Å²) in [6.45, 7) is 5.70. The van der Waals surface area contributed by atoms with Gasteiger partial charge in [0.1, 0.15) is 5.76 Å². The number of rotatable bonds is 5. The Morgan fingerprint density at radius 1 is 1.14 bits per heavy atom. The Hall–Kier alpha value is -2.73. The Labute approximate surface area is 169 Å². The second-order valence-corrected chi connectivity index (χ2v) is 7.84. The number of aryl methyl sites for hydroxylation is 1. The molecule has 0 fully saturated rings. The van der Waals surface area contributed by atoms with Crippen LogP contribution in [0.15, 0.2) is 69.3 Å². The topological polar surface area (TPSA) is 46.0 Å². The van der Waals surface area contributed by atoms with Gasteiger partial charge in [0.2, 0.25) is 0 Å². The fourth-order valence-corrected chi connectivity index (χ4v) is 4.26. The van der Waals surface area contributed by atoms with Gasteiger partial charge in [0.05, 0.1) is 25.1 Å². The summed E-state index contributed by atoms with van der Waals surface area (Å²) in [5.41, 5.74) is 5.92. The first kappa shape index (κ1) is 18.6. The van der Waals surface area contributed by atoms with Crippen molar-refractivity contribution in [1.29, 1.82) is 0 Å². The molecule has 0 N–H and O–H groups in total. The lowest BCUT2D eigenvalue weighted by molar-refractivity contribution is 0.489. The molecule has 0 bridgehead atoms. The molecular formula is C22H24N4OS. The van der Waals surface area contributed by atoms with E-state index in [1.807, 2.05) is 42.4 Å². The van der Waals surface area contributed by atoms with Gasteiger partial charge in [0.25, 0.3) is 0 Å². The molecule has 1 aliphatic heterocycles. The van der Waals surface area contributed by atoms with E-state index in [2.05, 4.69) is 36.6 Å². The monoisotopic (exact) mass is 392 g/mol. The fraction of sp³-hybridized carbons (Fsp3) is 0.273. The smallest absolute Gasteiger partial charge is 0.180 e. The highest BCUT2D eigenvalue weighted by atomic mass is 32.2. The van der Waals surface area contributed by atoms with E-state index >= 15 is 0 Å². The Morgan fingerprint density at radius 2 is 1.96 bits per heavy atom. The van der Waals surface area contributed by atoms with Gasteiger partial charge in [-0.15, -0.1) is 0 Å². The molecule has 0 atom stereocenters. The zero-order chi connectivity index (χ0) is 19.5. The highest BCUT2D eigenvalue weighted by Crippen LogP contribution is 2.24. The molecule has 0 saturated heterocycles. The third-order valence-electron chi connectivity index (χ3n) is 4.90. The van der Waals surface area contributed by atoms with Crippen molar-refractivity contribution in [3.8, 4) is 0 Å². The van der Waals surface area contributed by atoms with Gasteiger partial charge in [0.15, 0.2) is 5.17 Å². The average Bonchev–Trinajstić information content (AvgIpc) is 3.32. The average molecular weight is 393 g/mol. The molecule has 0 aliphatic carbocycles. The molecule has 1 aromatic carbocycles. The second kappa shape index (κ2) is 8.10. The number of furan rings is 1. The standard InChI is InChI=1S/C22H24N4OS/c1-16-12-20(17(2)26(16)14-19-10-7-11-27-19)21-15-28-22(25(3)24-21)23-13-18-8-5-4-6-9-18/h4-12H,13-15H2,1-3H3. The van der Waals surface area contributed by atoms with Gasteiger partial charge in [-0.2, -0.15) is 5.10 Å². The lowest BCUT2D eigenvalue weighted by Gasteiger charge is -2.22. The second-order valence-electron chi connectivity index (χ2n) is 6.89. The van der Waals surface area contributed by atoms with E-state index in [0.717, 1.165) is 28.9 Å². The lowest BCUT2D eigenvalue weighted by atomic mass is 10.1. The fourth-order valence-electron chi connectivity index (χ4n) is 3.40. The maximum Gasteiger partial charge on any atom is 0.180 e. The first-order chi connectivity index (χ1) is 13.6. The van der Waals surface area contributed by atoms with Crippen LogP contribution in [0.1, 0.15) is 28.3 Å². The number of hydrogen-bond donors (Lipinski definition) is 0. The molecule has 3 heterocycles. The predicted octanol–water partition coefficient (Wildman–Crippen LogP) is 4.69. The molecule has 4 rings (SSSR count). The largest absolute Gasteiger partial charge is 0.467 e. The number of amidine groups is 1. The summed E-state index contributed by atoms with van der Waals surface area (Å²) >= 11 is 1.74. The van der Waals surface area contributed by atoms with Crippen LogP contribution < -0.4 is 0 Å². The number of thioether (sulfide) groups is 1. The van der Waals surface area contributed by atoms with Crippen molar-refractivity contribution in [2.75, 3.05) is 12.8 Å². The number of aliphatic imine (C=N–C) groups is 1. The minimum Gasteiger partial charge on any atom is -0.467 e. The van der Waals surface area contributed by atoms with Crippen LogP contribution >= 0.6 is 11.8 Å². The summed E-state index contributed by atoms with van der Waals surface area (Å²) in [7, 11) is 1.97. The van der Waals surface area contributed by atoms with Crippen molar-refractivity contribution < 1.29 is 4.42 Å². The first-order valence-electron chi connectivity index (χ1n) is 9.33. The first-order valence-corrected chi connectivity index (χ1v) is 10.3. The van der Waals surface area contributed by atoms with Crippen LogP contribution in [0.5, 0.6) is 0 Å². The third-order valence-corrected chi connectivity index (χ3v) is 5.97. The SMILES string of the molecule is Cc1cc(C2=NN(C)C(=NCc3ccccc3)SC2)c(C)n1Cc1ccco1. The number of benzene rings is 1. The van der Waals surface area contributed by atoms with E-state index in [-0.39, 0.29) is 0 Å². The number of hydrogen-bond acceptors (Lipinski definition) is 4. The van der Waals surface area contributed by atoms with Crippen LogP contribution in [-0.2, 0) is 13.1 Å². The minimum absolute atomic E-state index is 0.677. The minimum atomic E-state index is 0.677. The highest BCUT2D eigenvalue weighted by molar-refractivity contribution is 8.14. The van der Waals surface area contributed by atoms with Gasteiger partial charge >= 0.3 is 0 Å². The predicted molar refractivity (Wildman–Crippen MR) is 116 cm³/mol. The number of hydrazone groups is 1. The van der Waals surface area contributed by atoms with Crippen molar-refractivity contribution in [3.63, 3.8) is 0 Å². The molecule has 5 nitrogen and oxygen atoms in total. The molecule has 1 aliphatic rings. The molecule has 0 saturated carbocycles. The quantitative estimate of drug-likeness (QED) is 0.633. The maximum absolute atomic E-state index is 5.52. The van der Waals surface area contributed by atoms with Gasteiger partial charge in [-0.1, -0.05) is 42.1 Å². The summed E-state index contributed by atoms with van der Waals surface area (Å²) in [5, 5.41) is 7.67. The van der Waals surface area contributed by atoms with E-state index < -0.39 is 0 Å². The lowest BCUT2D eigenvalue weighted by Crippen LogP contribution is -2.28. The Balaban J connectivity index is 1.53. The van der Waals surface area contributed by atoms with Gasteiger partial charge in [-0.25, -0.2) is 5.01 Å². The number of nitrogens with zero attached hydrogens (tertiary/aromatic N) is 4. The van der Waals surface area contributed by atoms with Crippen LogP contribution in [0.3, 0.4) is 0 Å². The summed E-state index contributed by atoms with van der Waals surface area (Å²) in [5.74, 6) is 1.78. The van der Waals surface area contributed by atoms with E-state index in [1.165, 1.54) is 22.5 Å². The van der Waals surface area contributed by atoms with Crippen molar-refractivity contribution in [2.24, 2.45) is 10.1 Å². The van der Waals surface area contributed by atoms with Gasteiger partial charge in [-0.3, -0.25) is 4.99 Å². The van der Waals surface area contributed by atoms with Crippen molar-refractivity contribution >= 4 is 22.6 Å². The van der Waals surface area contributed by atoms with Crippen LogP contribution in [0.2, 0.25) is 0 Å². The molecule has 2 aromatic heterocycles. The normalized spacial score (nSPS) is 15.9. The Kier molecular flexibility index (Phi) is 5.39. The Bertz CT molecular complexity index is 1000. The molecule has 0 spiro atoms. The summed E-state index contributed by atoms with van der Waals surface area (Å²) in [6, 6.07) is 16.5. The summed E-state index contributed by atoms with van der Waals surface area (Å²) < 4.78 is 7.80. The molecule has 0 radical (unpaired) electrons. The van der Waals surface area contributed by atoms with Crippen LogP contribution in [-0.4, -0.2) is 33.3 Å². The molecule has 0 unspecified atom stereocenters.